The van der Waals surface area contributed by atoms with Gasteiger partial charge in [0.1, 0.15) is 0 Å². The summed E-state index contributed by atoms with van der Waals surface area (Å²) in [6.45, 7) is 7.82. The Morgan fingerprint density at radius 3 is 2.62 bits per heavy atom. The van der Waals surface area contributed by atoms with Crippen LogP contribution in [0.2, 0.25) is 5.02 Å². The van der Waals surface area contributed by atoms with Gasteiger partial charge in [0, 0.05) is 5.02 Å². The summed E-state index contributed by atoms with van der Waals surface area (Å²) in [7, 11) is 2.18. The quantitative estimate of drug-likeness (QED) is 0.868. The lowest BCUT2D eigenvalue weighted by molar-refractivity contribution is -0.883. The summed E-state index contributed by atoms with van der Waals surface area (Å²) < 4.78 is 1.91. The van der Waals surface area contributed by atoms with Crippen LogP contribution >= 0.6 is 11.6 Å². The van der Waals surface area contributed by atoms with Gasteiger partial charge < -0.3 is 9.80 Å². The Balaban J connectivity index is 2.04. The Hall–Kier alpha value is -1.85. The number of rotatable bonds is 5. The first kappa shape index (κ1) is 18.9. The van der Waals surface area contributed by atoms with Gasteiger partial charge in [-0.05, 0) is 31.0 Å². The molecule has 1 fully saturated rings. The molecule has 140 valence electrons. The third kappa shape index (κ3) is 3.79. The molecule has 26 heavy (non-hydrogen) atoms. The minimum atomic E-state index is 0.131. The highest BCUT2D eigenvalue weighted by atomic mass is 35.5. The third-order valence-corrected chi connectivity index (χ3v) is 5.28. The largest absolute Gasteiger partial charge is 0.334 e. The number of benzene rings is 1. The molecule has 0 spiro atoms. The van der Waals surface area contributed by atoms with E-state index in [0.29, 0.717) is 5.02 Å². The highest BCUT2D eigenvalue weighted by Gasteiger charge is 2.29. The van der Waals surface area contributed by atoms with E-state index in [0.717, 1.165) is 68.1 Å². The molecule has 1 saturated heterocycles. The van der Waals surface area contributed by atoms with Crippen molar-refractivity contribution in [3.05, 3.63) is 46.2 Å². The van der Waals surface area contributed by atoms with Gasteiger partial charge in [0.25, 0.3) is 5.91 Å². The van der Waals surface area contributed by atoms with Gasteiger partial charge in [0.2, 0.25) is 0 Å². The Bertz CT molecular complexity index is 778. The molecule has 1 amide bonds. The van der Waals surface area contributed by atoms with Crippen LogP contribution in [0.5, 0.6) is 0 Å². The van der Waals surface area contributed by atoms with E-state index in [1.54, 1.807) is 0 Å². The highest BCUT2D eigenvalue weighted by Crippen LogP contribution is 2.24. The zero-order valence-corrected chi connectivity index (χ0v) is 16.6. The molecular formula is C20H28ClN4O+. The van der Waals surface area contributed by atoms with Crippen LogP contribution in [0.25, 0.3) is 5.69 Å². The summed E-state index contributed by atoms with van der Waals surface area (Å²) in [5.74, 6) is 0.131. The number of carbonyl (C=O) groups excluding carboxylic acids is 1. The molecule has 2 heterocycles. The SMILES string of the molecule is CCCc1nn(-c2cccc(Cl)c2)c(CC)c1C(=O)N1CC[NH+](C)CC1. The number of hydrogen-bond acceptors (Lipinski definition) is 2. The Morgan fingerprint density at radius 1 is 1.27 bits per heavy atom. The molecule has 6 heteroatoms. The van der Waals surface area contributed by atoms with Crippen molar-refractivity contribution in [2.24, 2.45) is 0 Å². The average Bonchev–Trinajstić information content (AvgIpc) is 3.00. The molecule has 0 radical (unpaired) electrons. The van der Waals surface area contributed by atoms with Gasteiger partial charge in [-0.25, -0.2) is 4.68 Å². The fraction of sp³-hybridized carbons (Fsp3) is 0.500. The zero-order chi connectivity index (χ0) is 18.7. The van der Waals surface area contributed by atoms with Crippen LogP contribution in [0, 0.1) is 0 Å². The van der Waals surface area contributed by atoms with Gasteiger partial charge in [-0.2, -0.15) is 5.10 Å². The van der Waals surface area contributed by atoms with E-state index in [4.69, 9.17) is 16.7 Å². The lowest BCUT2D eigenvalue weighted by atomic mass is 10.1. The van der Waals surface area contributed by atoms with Crippen LogP contribution in [-0.2, 0) is 12.8 Å². The van der Waals surface area contributed by atoms with Crippen molar-refractivity contribution in [2.45, 2.75) is 33.1 Å². The number of likely N-dealkylation sites (N-methyl/N-ethyl adjacent to an activating group) is 1. The maximum Gasteiger partial charge on any atom is 0.258 e. The van der Waals surface area contributed by atoms with Crippen molar-refractivity contribution in [3.63, 3.8) is 0 Å². The van der Waals surface area contributed by atoms with Crippen molar-refractivity contribution in [3.8, 4) is 5.69 Å². The number of carbonyl (C=O) groups is 1. The van der Waals surface area contributed by atoms with Crippen molar-refractivity contribution in [1.29, 1.82) is 0 Å². The molecule has 0 saturated carbocycles. The fourth-order valence-electron chi connectivity index (χ4n) is 3.56. The molecular weight excluding hydrogens is 348 g/mol. The summed E-state index contributed by atoms with van der Waals surface area (Å²) in [5.41, 5.74) is 3.59. The maximum atomic E-state index is 13.3. The summed E-state index contributed by atoms with van der Waals surface area (Å²) >= 11 is 6.18. The van der Waals surface area contributed by atoms with Crippen LogP contribution in [0.1, 0.15) is 42.0 Å². The molecule has 1 aliphatic rings. The van der Waals surface area contributed by atoms with Gasteiger partial charge in [-0.15, -0.1) is 0 Å². The van der Waals surface area contributed by atoms with Crippen LogP contribution in [-0.4, -0.2) is 53.8 Å². The molecule has 1 aromatic heterocycles. The second-order valence-corrected chi connectivity index (χ2v) is 7.45. The highest BCUT2D eigenvalue weighted by molar-refractivity contribution is 6.30. The summed E-state index contributed by atoms with van der Waals surface area (Å²) in [6.07, 6.45) is 2.52. The van der Waals surface area contributed by atoms with Gasteiger partial charge in [-0.1, -0.05) is 37.9 Å². The molecule has 0 aliphatic carbocycles. The van der Waals surface area contributed by atoms with Crippen LogP contribution in [0.3, 0.4) is 0 Å². The maximum absolute atomic E-state index is 13.3. The normalized spacial score (nSPS) is 15.5. The Kier molecular flexibility index (Phi) is 5.99. The van der Waals surface area contributed by atoms with Gasteiger partial charge in [0.15, 0.2) is 0 Å². The number of nitrogens with zero attached hydrogens (tertiary/aromatic N) is 3. The van der Waals surface area contributed by atoms with Crippen LogP contribution in [0.15, 0.2) is 24.3 Å². The lowest BCUT2D eigenvalue weighted by Crippen LogP contribution is -3.12. The number of hydrogen-bond donors (Lipinski definition) is 1. The molecule has 1 aliphatic heterocycles. The number of aryl methyl sites for hydroxylation is 1. The number of quaternary nitrogens is 1. The minimum absolute atomic E-state index is 0.131. The van der Waals surface area contributed by atoms with Crippen molar-refractivity contribution >= 4 is 17.5 Å². The second kappa shape index (κ2) is 8.23. The number of amides is 1. The summed E-state index contributed by atoms with van der Waals surface area (Å²) in [4.78, 5) is 16.8. The van der Waals surface area contributed by atoms with E-state index < -0.39 is 0 Å². The van der Waals surface area contributed by atoms with Gasteiger partial charge >= 0.3 is 0 Å². The molecule has 0 unspecified atom stereocenters. The van der Waals surface area contributed by atoms with Crippen molar-refractivity contribution in [1.82, 2.24) is 14.7 Å². The van der Waals surface area contributed by atoms with E-state index in [-0.39, 0.29) is 5.91 Å². The monoisotopic (exact) mass is 375 g/mol. The zero-order valence-electron chi connectivity index (χ0n) is 15.9. The van der Waals surface area contributed by atoms with Crippen molar-refractivity contribution < 1.29 is 9.69 Å². The first-order chi connectivity index (χ1) is 12.5. The number of piperazine rings is 1. The molecule has 1 aromatic carbocycles. The predicted molar refractivity (Wildman–Crippen MR) is 104 cm³/mol. The summed E-state index contributed by atoms with van der Waals surface area (Å²) in [6, 6.07) is 7.66. The minimum Gasteiger partial charge on any atom is -0.334 e. The Labute approximate surface area is 160 Å². The van der Waals surface area contributed by atoms with Gasteiger partial charge in [0.05, 0.1) is 55.9 Å². The number of aromatic nitrogens is 2. The van der Waals surface area contributed by atoms with E-state index in [9.17, 15) is 4.79 Å². The molecule has 1 N–H and O–H groups in total. The Morgan fingerprint density at radius 2 is 2.00 bits per heavy atom. The molecule has 3 rings (SSSR count). The first-order valence-electron chi connectivity index (χ1n) is 9.52. The third-order valence-electron chi connectivity index (χ3n) is 5.05. The molecule has 5 nitrogen and oxygen atoms in total. The summed E-state index contributed by atoms with van der Waals surface area (Å²) in [5, 5.41) is 5.49. The van der Waals surface area contributed by atoms with Gasteiger partial charge in [-0.3, -0.25) is 4.79 Å². The molecule has 0 bridgehead atoms. The number of nitrogens with one attached hydrogen (secondary N) is 1. The molecule has 0 atom stereocenters. The van der Waals surface area contributed by atoms with E-state index in [1.807, 2.05) is 33.8 Å². The van der Waals surface area contributed by atoms with Crippen LogP contribution in [0.4, 0.5) is 0 Å². The van der Waals surface area contributed by atoms with Crippen molar-refractivity contribution in [2.75, 3.05) is 33.2 Å². The topological polar surface area (TPSA) is 42.6 Å². The predicted octanol–water partition coefficient (Wildman–Crippen LogP) is 2.01. The van der Waals surface area contributed by atoms with E-state index in [1.165, 1.54) is 4.90 Å². The fourth-order valence-corrected chi connectivity index (χ4v) is 3.74. The van der Waals surface area contributed by atoms with E-state index in [2.05, 4.69) is 20.9 Å². The van der Waals surface area contributed by atoms with E-state index >= 15 is 0 Å². The molecule has 2 aromatic rings. The second-order valence-electron chi connectivity index (χ2n) is 7.01. The standard InChI is InChI=1S/C20H27ClN4O/c1-4-7-17-19(20(26)24-12-10-23(3)11-13-24)18(5-2)25(22-17)16-9-6-8-15(21)14-16/h6,8-9,14H,4-5,7,10-13H2,1-3H3/p+1. The smallest absolute Gasteiger partial charge is 0.258 e. The first-order valence-corrected chi connectivity index (χ1v) is 9.90. The average molecular weight is 376 g/mol. The number of halogens is 1. The lowest BCUT2D eigenvalue weighted by Gasteiger charge is -2.30. The van der Waals surface area contributed by atoms with Crippen LogP contribution < -0.4 is 4.90 Å².